The highest BCUT2D eigenvalue weighted by atomic mass is 16.4. The van der Waals surface area contributed by atoms with Crippen LogP contribution < -0.4 is 0 Å². The van der Waals surface area contributed by atoms with Crippen molar-refractivity contribution in [1.29, 1.82) is 0 Å². The average Bonchev–Trinajstić information content (AvgIpc) is 2.55. The molecule has 0 saturated heterocycles. The summed E-state index contributed by atoms with van der Waals surface area (Å²) >= 11 is 0. The zero-order valence-corrected chi connectivity index (χ0v) is 15.7. The number of aliphatic carboxylic acids is 1. The van der Waals surface area contributed by atoms with Gasteiger partial charge >= 0.3 is 5.97 Å². The molecule has 0 aromatic carbocycles. The summed E-state index contributed by atoms with van der Waals surface area (Å²) in [4.78, 5) is 10.4. The Morgan fingerprint density at radius 1 is 0.667 bits per heavy atom. The number of aliphatic hydroxyl groups is 2. The third-order valence-corrected chi connectivity index (χ3v) is 4.65. The van der Waals surface area contributed by atoms with Gasteiger partial charge in [-0.05, 0) is 32.1 Å². The monoisotopic (exact) mass is 344 g/mol. The summed E-state index contributed by atoms with van der Waals surface area (Å²) in [5.74, 6) is -0.707. The molecule has 0 aliphatic carbocycles. The molecule has 0 aromatic heterocycles. The Morgan fingerprint density at radius 3 is 1.54 bits per heavy atom. The molecule has 0 aliphatic rings. The SMILES string of the molecule is CCCCCCC[C@H](O)CC[C@@H](O)CCCCCCCCC(=O)O. The molecule has 0 heterocycles. The van der Waals surface area contributed by atoms with Crippen molar-refractivity contribution in [2.75, 3.05) is 0 Å². The summed E-state index contributed by atoms with van der Waals surface area (Å²) in [5.41, 5.74) is 0. The lowest BCUT2D eigenvalue weighted by molar-refractivity contribution is -0.137. The van der Waals surface area contributed by atoms with Crippen molar-refractivity contribution in [1.82, 2.24) is 0 Å². The smallest absolute Gasteiger partial charge is 0.303 e. The van der Waals surface area contributed by atoms with Crippen LogP contribution in [-0.4, -0.2) is 33.5 Å². The predicted octanol–water partition coefficient (Wildman–Crippen LogP) is 5.05. The first-order valence-electron chi connectivity index (χ1n) is 10.1. The Bertz CT molecular complexity index is 281. The molecule has 0 saturated carbocycles. The Kier molecular flexibility index (Phi) is 16.8. The number of carboxylic acid groups (broad SMARTS) is 1. The van der Waals surface area contributed by atoms with Gasteiger partial charge in [-0.15, -0.1) is 0 Å². The molecule has 0 amide bonds. The zero-order valence-electron chi connectivity index (χ0n) is 15.7. The topological polar surface area (TPSA) is 77.8 Å². The van der Waals surface area contributed by atoms with E-state index in [0.717, 1.165) is 57.8 Å². The van der Waals surface area contributed by atoms with Gasteiger partial charge in [0.15, 0.2) is 0 Å². The van der Waals surface area contributed by atoms with E-state index in [-0.39, 0.29) is 18.6 Å². The number of hydrogen-bond donors (Lipinski definition) is 3. The number of rotatable bonds is 18. The zero-order chi connectivity index (χ0) is 18.0. The van der Waals surface area contributed by atoms with Crippen LogP contribution in [0.2, 0.25) is 0 Å². The van der Waals surface area contributed by atoms with Crippen LogP contribution in [0.3, 0.4) is 0 Å². The largest absolute Gasteiger partial charge is 0.481 e. The number of aliphatic hydroxyl groups excluding tert-OH is 2. The number of hydrogen-bond acceptors (Lipinski definition) is 3. The van der Waals surface area contributed by atoms with Crippen LogP contribution in [0.25, 0.3) is 0 Å². The van der Waals surface area contributed by atoms with Gasteiger partial charge < -0.3 is 15.3 Å². The Balaban J connectivity index is 3.33. The molecule has 0 radical (unpaired) electrons. The number of carbonyl (C=O) groups is 1. The summed E-state index contributed by atoms with van der Waals surface area (Å²) < 4.78 is 0. The maximum atomic E-state index is 10.4. The van der Waals surface area contributed by atoms with Crippen LogP contribution in [0.5, 0.6) is 0 Å². The van der Waals surface area contributed by atoms with E-state index in [4.69, 9.17) is 5.11 Å². The van der Waals surface area contributed by atoms with E-state index in [1.54, 1.807) is 0 Å². The van der Waals surface area contributed by atoms with Crippen molar-refractivity contribution >= 4 is 5.97 Å². The summed E-state index contributed by atoms with van der Waals surface area (Å²) in [6.07, 6.45) is 15.0. The molecule has 0 bridgehead atoms. The highest BCUT2D eigenvalue weighted by Gasteiger charge is 2.09. The molecule has 0 spiro atoms. The van der Waals surface area contributed by atoms with Gasteiger partial charge in [-0.2, -0.15) is 0 Å². The van der Waals surface area contributed by atoms with E-state index in [2.05, 4.69) is 6.92 Å². The summed E-state index contributed by atoms with van der Waals surface area (Å²) in [5, 5.41) is 28.4. The standard InChI is InChI=1S/C20H40O4/c1-2-3-4-7-10-13-18(21)16-17-19(22)14-11-8-5-6-9-12-15-20(23)24/h18-19,21-22H,2-17H2,1H3,(H,23,24)/t18-,19-/m0/s1. The molecule has 2 atom stereocenters. The third kappa shape index (κ3) is 17.7. The summed E-state index contributed by atoms with van der Waals surface area (Å²) in [6, 6.07) is 0. The minimum atomic E-state index is -0.707. The second-order valence-corrected chi connectivity index (χ2v) is 7.14. The molecule has 0 aliphatic heterocycles. The van der Waals surface area contributed by atoms with Crippen molar-refractivity contribution in [3.63, 3.8) is 0 Å². The molecule has 0 aromatic rings. The Morgan fingerprint density at radius 2 is 1.08 bits per heavy atom. The first-order valence-corrected chi connectivity index (χ1v) is 10.1. The number of carboxylic acids is 1. The lowest BCUT2D eigenvalue weighted by Crippen LogP contribution is -2.13. The van der Waals surface area contributed by atoms with Crippen LogP contribution >= 0.6 is 0 Å². The Hall–Kier alpha value is -0.610. The number of unbranched alkanes of at least 4 members (excludes halogenated alkanes) is 9. The van der Waals surface area contributed by atoms with E-state index in [1.165, 1.54) is 25.7 Å². The summed E-state index contributed by atoms with van der Waals surface area (Å²) in [7, 11) is 0. The minimum Gasteiger partial charge on any atom is -0.481 e. The fourth-order valence-corrected chi connectivity index (χ4v) is 3.02. The highest BCUT2D eigenvalue weighted by Crippen LogP contribution is 2.15. The van der Waals surface area contributed by atoms with Gasteiger partial charge in [0, 0.05) is 6.42 Å². The molecule has 0 rings (SSSR count). The van der Waals surface area contributed by atoms with Crippen LogP contribution in [0.1, 0.15) is 110 Å². The third-order valence-electron chi connectivity index (χ3n) is 4.65. The second kappa shape index (κ2) is 17.2. The van der Waals surface area contributed by atoms with Gasteiger partial charge in [0.1, 0.15) is 0 Å². The lowest BCUT2D eigenvalue weighted by atomic mass is 10.00. The molecule has 24 heavy (non-hydrogen) atoms. The van der Waals surface area contributed by atoms with E-state index < -0.39 is 5.97 Å². The van der Waals surface area contributed by atoms with E-state index in [0.29, 0.717) is 12.8 Å². The van der Waals surface area contributed by atoms with E-state index >= 15 is 0 Å². The second-order valence-electron chi connectivity index (χ2n) is 7.14. The van der Waals surface area contributed by atoms with Crippen molar-refractivity contribution in [3.05, 3.63) is 0 Å². The quantitative estimate of drug-likeness (QED) is 0.304. The van der Waals surface area contributed by atoms with Gasteiger partial charge in [0.25, 0.3) is 0 Å². The first kappa shape index (κ1) is 23.4. The average molecular weight is 345 g/mol. The van der Waals surface area contributed by atoms with Gasteiger partial charge in [0.2, 0.25) is 0 Å². The van der Waals surface area contributed by atoms with Gasteiger partial charge in [-0.3, -0.25) is 4.79 Å². The Labute approximate surface area is 148 Å². The van der Waals surface area contributed by atoms with Crippen LogP contribution in [0.15, 0.2) is 0 Å². The van der Waals surface area contributed by atoms with Crippen molar-refractivity contribution in [2.45, 2.75) is 122 Å². The fraction of sp³-hybridized carbons (Fsp3) is 0.950. The molecule has 144 valence electrons. The normalized spacial score (nSPS) is 13.8. The predicted molar refractivity (Wildman–Crippen MR) is 99.2 cm³/mol. The fourth-order valence-electron chi connectivity index (χ4n) is 3.02. The molecule has 4 heteroatoms. The van der Waals surface area contributed by atoms with Crippen molar-refractivity contribution in [2.24, 2.45) is 0 Å². The molecule has 4 nitrogen and oxygen atoms in total. The molecule has 0 fully saturated rings. The van der Waals surface area contributed by atoms with Crippen molar-refractivity contribution in [3.8, 4) is 0 Å². The lowest BCUT2D eigenvalue weighted by Gasteiger charge is -2.14. The maximum Gasteiger partial charge on any atom is 0.303 e. The summed E-state index contributed by atoms with van der Waals surface area (Å²) in [6.45, 7) is 2.20. The van der Waals surface area contributed by atoms with Gasteiger partial charge in [0.05, 0.1) is 12.2 Å². The van der Waals surface area contributed by atoms with E-state index in [1.807, 2.05) is 0 Å². The van der Waals surface area contributed by atoms with Crippen LogP contribution in [-0.2, 0) is 4.79 Å². The molecule has 0 unspecified atom stereocenters. The maximum absolute atomic E-state index is 10.4. The molecular formula is C20H40O4. The molecule has 3 N–H and O–H groups in total. The highest BCUT2D eigenvalue weighted by molar-refractivity contribution is 5.66. The first-order chi connectivity index (χ1) is 11.6. The molecular weight excluding hydrogens is 304 g/mol. The van der Waals surface area contributed by atoms with Crippen LogP contribution in [0.4, 0.5) is 0 Å². The van der Waals surface area contributed by atoms with Crippen molar-refractivity contribution < 1.29 is 20.1 Å². The van der Waals surface area contributed by atoms with Gasteiger partial charge in [-0.25, -0.2) is 0 Å². The minimum absolute atomic E-state index is 0.254. The van der Waals surface area contributed by atoms with Gasteiger partial charge in [-0.1, -0.05) is 71.1 Å². The van der Waals surface area contributed by atoms with E-state index in [9.17, 15) is 15.0 Å². The van der Waals surface area contributed by atoms with Crippen LogP contribution in [0, 0.1) is 0 Å².